The molecule has 8 heteroatoms. The molecule has 1 atom stereocenters. The molecule has 1 amide bonds. The van der Waals surface area contributed by atoms with Crippen LogP contribution in [0.1, 0.15) is 18.7 Å². The van der Waals surface area contributed by atoms with Gasteiger partial charge in [0.15, 0.2) is 0 Å². The zero-order valence-corrected chi connectivity index (χ0v) is 12.5. The molecule has 3 rings (SSSR count). The second-order valence-corrected chi connectivity index (χ2v) is 5.81. The lowest BCUT2D eigenvalue weighted by atomic mass is 9.76. The molecular weight excluding hydrogens is 304 g/mol. The number of amides is 1. The van der Waals surface area contributed by atoms with Crippen molar-refractivity contribution in [1.82, 2.24) is 14.8 Å². The number of hydrogen-bond acceptors (Lipinski definition) is 4. The smallest absolute Gasteiger partial charge is 0.248 e. The lowest BCUT2D eigenvalue weighted by molar-refractivity contribution is -0.133. The number of carbonyl (C=O) groups excluding carboxylic acids is 1. The Labute approximate surface area is 131 Å². The number of anilines is 1. The van der Waals surface area contributed by atoms with Crippen molar-refractivity contribution in [2.75, 3.05) is 5.32 Å². The fourth-order valence-electron chi connectivity index (χ4n) is 2.64. The molecule has 1 aromatic heterocycles. The summed E-state index contributed by atoms with van der Waals surface area (Å²) >= 11 is 0. The van der Waals surface area contributed by atoms with Crippen LogP contribution in [-0.4, -0.2) is 32.6 Å². The van der Waals surface area contributed by atoms with Gasteiger partial charge in [0.25, 0.3) is 0 Å². The quantitative estimate of drug-likeness (QED) is 0.900. The number of halogens is 2. The molecule has 0 aliphatic heterocycles. The third-order valence-electron chi connectivity index (χ3n) is 4.03. The van der Waals surface area contributed by atoms with Crippen LogP contribution in [0.5, 0.6) is 0 Å². The van der Waals surface area contributed by atoms with E-state index in [0.29, 0.717) is 5.69 Å². The highest BCUT2D eigenvalue weighted by atomic mass is 19.3. The first-order valence-corrected chi connectivity index (χ1v) is 7.27. The molecule has 2 aromatic rings. The molecule has 122 valence electrons. The van der Waals surface area contributed by atoms with E-state index in [-0.39, 0.29) is 12.8 Å². The number of benzene rings is 1. The molecule has 1 aliphatic rings. The Kier molecular flexibility index (Phi) is 3.85. The zero-order valence-electron chi connectivity index (χ0n) is 12.5. The molecular formula is C15H17F2N5O. The van der Waals surface area contributed by atoms with E-state index in [2.05, 4.69) is 15.4 Å². The van der Waals surface area contributed by atoms with Gasteiger partial charge >= 0.3 is 0 Å². The first-order chi connectivity index (χ1) is 10.9. The first-order valence-electron chi connectivity index (χ1n) is 7.27. The van der Waals surface area contributed by atoms with Crippen LogP contribution in [0, 0.1) is 12.8 Å². The Morgan fingerprint density at radius 2 is 2.04 bits per heavy atom. The van der Waals surface area contributed by atoms with E-state index in [0.717, 1.165) is 11.5 Å². The molecule has 1 aliphatic carbocycles. The van der Waals surface area contributed by atoms with E-state index in [1.54, 1.807) is 28.9 Å². The number of aromatic nitrogens is 3. The minimum atomic E-state index is -2.68. The monoisotopic (exact) mass is 321 g/mol. The molecule has 23 heavy (non-hydrogen) atoms. The second kappa shape index (κ2) is 5.69. The summed E-state index contributed by atoms with van der Waals surface area (Å²) in [6, 6.07) is 6.04. The number of carbonyl (C=O) groups is 1. The molecule has 0 radical (unpaired) electrons. The van der Waals surface area contributed by atoms with Crippen molar-refractivity contribution in [3.63, 3.8) is 0 Å². The Morgan fingerprint density at radius 3 is 2.57 bits per heavy atom. The highest BCUT2D eigenvalue weighted by molar-refractivity contribution is 5.95. The number of hydrogen-bond donors (Lipinski definition) is 2. The minimum Gasteiger partial charge on any atom is -0.325 e. The van der Waals surface area contributed by atoms with Crippen LogP contribution >= 0.6 is 0 Å². The average Bonchev–Trinajstić information content (AvgIpc) is 2.91. The maximum Gasteiger partial charge on any atom is 0.248 e. The first kappa shape index (κ1) is 15.5. The third-order valence-corrected chi connectivity index (χ3v) is 4.03. The van der Waals surface area contributed by atoms with Crippen LogP contribution in [-0.2, 0) is 4.79 Å². The van der Waals surface area contributed by atoms with Crippen molar-refractivity contribution in [3.05, 3.63) is 36.4 Å². The van der Waals surface area contributed by atoms with E-state index in [1.807, 2.05) is 6.92 Å². The van der Waals surface area contributed by atoms with Crippen molar-refractivity contribution in [2.24, 2.45) is 11.7 Å². The number of alkyl halides is 2. The Hall–Kier alpha value is -2.35. The van der Waals surface area contributed by atoms with Crippen molar-refractivity contribution < 1.29 is 13.6 Å². The van der Waals surface area contributed by atoms with E-state index in [4.69, 9.17) is 5.73 Å². The highest BCUT2D eigenvalue weighted by Crippen LogP contribution is 2.43. The van der Waals surface area contributed by atoms with E-state index in [1.165, 1.54) is 6.33 Å². The molecule has 0 spiro atoms. The topological polar surface area (TPSA) is 85.8 Å². The molecule has 1 fully saturated rings. The molecule has 1 unspecified atom stereocenters. The van der Waals surface area contributed by atoms with Gasteiger partial charge in [-0.1, -0.05) is 0 Å². The fraction of sp³-hybridized carbons (Fsp3) is 0.400. The van der Waals surface area contributed by atoms with E-state index in [9.17, 15) is 13.6 Å². The molecule has 1 aromatic carbocycles. The third kappa shape index (κ3) is 3.21. The predicted molar refractivity (Wildman–Crippen MR) is 80.4 cm³/mol. The van der Waals surface area contributed by atoms with Gasteiger partial charge in [0.2, 0.25) is 11.8 Å². The number of nitrogens with one attached hydrogen (secondary N) is 1. The molecule has 1 saturated carbocycles. The van der Waals surface area contributed by atoms with Crippen LogP contribution in [0.4, 0.5) is 14.5 Å². The summed E-state index contributed by atoms with van der Waals surface area (Å²) in [6.45, 7) is 1.83. The number of nitrogens with zero attached hydrogens (tertiary/aromatic N) is 3. The van der Waals surface area contributed by atoms with Crippen LogP contribution in [0.25, 0.3) is 5.69 Å². The number of nitrogens with two attached hydrogens (primary N) is 1. The van der Waals surface area contributed by atoms with Crippen LogP contribution < -0.4 is 11.1 Å². The summed E-state index contributed by atoms with van der Waals surface area (Å²) in [5, 5.41) is 6.74. The summed E-state index contributed by atoms with van der Waals surface area (Å²) in [7, 11) is 0. The number of rotatable bonds is 4. The van der Waals surface area contributed by atoms with Gasteiger partial charge in [-0.3, -0.25) is 4.79 Å². The summed E-state index contributed by atoms with van der Waals surface area (Å²) < 4.78 is 27.4. The SMILES string of the molecule is Cc1ncnn1-c1ccc(NC(=O)C(N)C2CC(F)(F)C2)cc1. The maximum absolute atomic E-state index is 12.8. The second-order valence-electron chi connectivity index (χ2n) is 5.81. The lowest BCUT2D eigenvalue weighted by Gasteiger charge is -2.37. The highest BCUT2D eigenvalue weighted by Gasteiger charge is 2.49. The van der Waals surface area contributed by atoms with Crippen LogP contribution in [0.2, 0.25) is 0 Å². The van der Waals surface area contributed by atoms with E-state index >= 15 is 0 Å². The molecule has 1 heterocycles. The van der Waals surface area contributed by atoms with Gasteiger partial charge in [-0.15, -0.1) is 0 Å². The van der Waals surface area contributed by atoms with Gasteiger partial charge in [-0.05, 0) is 37.1 Å². The normalized spacial score (nSPS) is 18.3. The van der Waals surface area contributed by atoms with E-state index < -0.39 is 23.8 Å². The average molecular weight is 321 g/mol. The molecule has 3 N–H and O–H groups in total. The lowest BCUT2D eigenvalue weighted by Crippen LogP contribution is -2.51. The summed E-state index contributed by atoms with van der Waals surface area (Å²) in [4.78, 5) is 16.1. The van der Waals surface area contributed by atoms with Crippen LogP contribution in [0.15, 0.2) is 30.6 Å². The summed E-state index contributed by atoms with van der Waals surface area (Å²) in [5.74, 6) is -2.85. The van der Waals surface area contributed by atoms with Gasteiger partial charge in [-0.2, -0.15) is 5.10 Å². The van der Waals surface area contributed by atoms with Gasteiger partial charge in [0, 0.05) is 18.5 Å². The fourth-order valence-corrected chi connectivity index (χ4v) is 2.64. The van der Waals surface area contributed by atoms with Crippen LogP contribution in [0.3, 0.4) is 0 Å². The predicted octanol–water partition coefficient (Wildman–Crippen LogP) is 1.89. The summed E-state index contributed by atoms with van der Waals surface area (Å²) in [5.41, 5.74) is 7.11. The minimum absolute atomic E-state index is 0.327. The van der Waals surface area contributed by atoms with Gasteiger partial charge in [-0.25, -0.2) is 18.4 Å². The maximum atomic E-state index is 12.8. The Morgan fingerprint density at radius 1 is 1.39 bits per heavy atom. The molecule has 0 bridgehead atoms. The van der Waals surface area contributed by atoms with Crippen molar-refractivity contribution >= 4 is 11.6 Å². The van der Waals surface area contributed by atoms with Gasteiger partial charge in [0.05, 0.1) is 11.7 Å². The zero-order chi connectivity index (χ0) is 16.6. The standard InChI is InChI=1S/C15H17F2N5O/c1-9-19-8-20-22(9)12-4-2-11(3-5-12)21-14(23)13(18)10-6-15(16,17)7-10/h2-5,8,10,13H,6-7,18H2,1H3,(H,21,23). The Balaban J connectivity index is 1.62. The van der Waals surface area contributed by atoms with Crippen molar-refractivity contribution in [2.45, 2.75) is 31.7 Å². The van der Waals surface area contributed by atoms with Crippen molar-refractivity contribution in [1.29, 1.82) is 0 Å². The van der Waals surface area contributed by atoms with Crippen molar-refractivity contribution in [3.8, 4) is 5.69 Å². The molecule has 6 nitrogen and oxygen atoms in total. The number of aryl methyl sites for hydroxylation is 1. The van der Waals surface area contributed by atoms with Gasteiger partial charge in [0.1, 0.15) is 12.2 Å². The molecule has 0 saturated heterocycles. The Bertz CT molecular complexity index is 705. The summed E-state index contributed by atoms with van der Waals surface area (Å²) in [6.07, 6.45) is 0.802. The van der Waals surface area contributed by atoms with Gasteiger partial charge < -0.3 is 11.1 Å². The largest absolute Gasteiger partial charge is 0.325 e.